The van der Waals surface area contributed by atoms with E-state index in [0.717, 1.165) is 12.1 Å². The van der Waals surface area contributed by atoms with E-state index in [1.807, 2.05) is 7.05 Å². The molecular weight excluding hydrogens is 407 g/mol. The highest BCUT2D eigenvalue weighted by Crippen LogP contribution is 2.24. The molecule has 0 aliphatic heterocycles. The van der Waals surface area contributed by atoms with Crippen LogP contribution in [0.1, 0.15) is 64.2 Å². The summed E-state index contributed by atoms with van der Waals surface area (Å²) in [6, 6.07) is 10.1. The van der Waals surface area contributed by atoms with Gasteiger partial charge in [-0.3, -0.25) is 14.0 Å². The van der Waals surface area contributed by atoms with Gasteiger partial charge in [-0.1, -0.05) is 37.5 Å². The maximum absolute atomic E-state index is 13.4. The van der Waals surface area contributed by atoms with Gasteiger partial charge in [0.2, 0.25) is 0 Å². The molecule has 0 atom stereocenters. The first-order chi connectivity index (χ1) is 15.4. The van der Waals surface area contributed by atoms with Crippen molar-refractivity contribution in [2.45, 2.75) is 45.6 Å². The Bertz CT molecular complexity index is 1130. The van der Waals surface area contributed by atoms with Gasteiger partial charge in [0.25, 0.3) is 11.8 Å². The Kier molecular flexibility index (Phi) is 6.53. The van der Waals surface area contributed by atoms with E-state index in [1.165, 1.54) is 38.2 Å². The Morgan fingerprint density at radius 2 is 1.97 bits per heavy atom. The van der Waals surface area contributed by atoms with Gasteiger partial charge in [0.05, 0.1) is 0 Å². The maximum atomic E-state index is 13.4. The zero-order valence-electron chi connectivity index (χ0n) is 18.6. The highest BCUT2D eigenvalue weighted by Gasteiger charge is 2.22. The molecule has 0 bridgehead atoms. The number of pyridine rings is 1. The Morgan fingerprint density at radius 1 is 1.19 bits per heavy atom. The van der Waals surface area contributed by atoms with Crippen molar-refractivity contribution < 1.29 is 14.0 Å². The summed E-state index contributed by atoms with van der Waals surface area (Å²) in [7, 11) is 1.84. The van der Waals surface area contributed by atoms with E-state index in [2.05, 4.69) is 10.3 Å². The molecule has 2 aromatic heterocycles. The number of rotatable bonds is 6. The summed E-state index contributed by atoms with van der Waals surface area (Å²) in [4.78, 5) is 32.0. The van der Waals surface area contributed by atoms with Crippen LogP contribution in [0.5, 0.6) is 0 Å². The molecule has 4 rings (SSSR count). The Hall–Kier alpha value is -3.22. The lowest BCUT2D eigenvalue weighted by molar-refractivity contribution is 0.0753. The van der Waals surface area contributed by atoms with Gasteiger partial charge in [-0.2, -0.15) is 0 Å². The summed E-state index contributed by atoms with van der Waals surface area (Å²) >= 11 is 0. The fourth-order valence-corrected chi connectivity index (χ4v) is 4.42. The summed E-state index contributed by atoms with van der Waals surface area (Å²) in [5, 5.41) is 2.82. The number of carbonyl (C=O) groups excluding carboxylic acids is 2. The summed E-state index contributed by atoms with van der Waals surface area (Å²) in [5.74, 6) is -0.140. The third-order valence-corrected chi connectivity index (χ3v) is 6.22. The van der Waals surface area contributed by atoms with Gasteiger partial charge in [0, 0.05) is 26.3 Å². The number of fused-ring (bicyclic) bond motifs is 1. The summed E-state index contributed by atoms with van der Waals surface area (Å²) < 4.78 is 15.1. The van der Waals surface area contributed by atoms with E-state index in [1.54, 1.807) is 52.8 Å². The molecule has 0 spiro atoms. The zero-order valence-corrected chi connectivity index (χ0v) is 18.6. The molecule has 1 aromatic carbocycles. The van der Waals surface area contributed by atoms with Crippen molar-refractivity contribution >= 4 is 17.5 Å². The molecule has 2 amide bonds. The Morgan fingerprint density at radius 3 is 2.72 bits per heavy atom. The fourth-order valence-electron chi connectivity index (χ4n) is 4.42. The number of hydrogen-bond acceptors (Lipinski definition) is 3. The highest BCUT2D eigenvalue weighted by atomic mass is 19.1. The number of aromatic nitrogens is 2. The molecule has 168 valence electrons. The van der Waals surface area contributed by atoms with E-state index in [-0.39, 0.29) is 29.9 Å². The SMILES string of the molecule is Cc1cc(CNC(=O)c2cn3c(C(=O)N(C)CC4CCCCC4)cccc3n2)ccc1F. The second kappa shape index (κ2) is 9.51. The van der Waals surface area contributed by atoms with Gasteiger partial charge >= 0.3 is 0 Å². The standard InChI is InChI=1S/C25H29FN4O2/c1-17-13-19(11-12-20(17)26)14-27-24(31)21-16-30-22(9-6-10-23(30)28-21)25(32)29(2)15-18-7-4-3-5-8-18/h6,9-13,16,18H,3-5,7-8,14-15H2,1-2H3,(H,27,31). The summed E-state index contributed by atoms with van der Waals surface area (Å²) in [6.07, 6.45) is 7.70. The lowest BCUT2D eigenvalue weighted by atomic mass is 9.89. The highest BCUT2D eigenvalue weighted by molar-refractivity contribution is 5.95. The number of aryl methyl sites for hydroxylation is 1. The number of nitrogens with one attached hydrogen (secondary N) is 1. The van der Waals surface area contributed by atoms with Crippen LogP contribution in [-0.2, 0) is 6.54 Å². The topological polar surface area (TPSA) is 66.7 Å². The van der Waals surface area contributed by atoms with Crippen molar-refractivity contribution in [2.75, 3.05) is 13.6 Å². The lowest BCUT2D eigenvalue weighted by Gasteiger charge is -2.27. The van der Waals surface area contributed by atoms with Crippen LogP contribution < -0.4 is 5.32 Å². The number of hydrogen-bond donors (Lipinski definition) is 1. The van der Waals surface area contributed by atoms with Crippen molar-refractivity contribution in [3.8, 4) is 0 Å². The maximum Gasteiger partial charge on any atom is 0.271 e. The van der Waals surface area contributed by atoms with E-state index >= 15 is 0 Å². The fraction of sp³-hybridized carbons (Fsp3) is 0.400. The molecule has 1 N–H and O–H groups in total. The molecule has 7 heteroatoms. The van der Waals surface area contributed by atoms with Crippen LogP contribution >= 0.6 is 0 Å². The third kappa shape index (κ3) is 4.82. The van der Waals surface area contributed by atoms with Crippen molar-refractivity contribution in [3.05, 3.63) is 70.9 Å². The number of imidazole rings is 1. The van der Waals surface area contributed by atoms with Crippen molar-refractivity contribution in [1.29, 1.82) is 0 Å². The van der Waals surface area contributed by atoms with Crippen LogP contribution in [0.15, 0.2) is 42.6 Å². The van der Waals surface area contributed by atoms with Gasteiger partial charge in [0.1, 0.15) is 22.9 Å². The molecule has 1 saturated carbocycles. The normalized spacial score (nSPS) is 14.5. The minimum absolute atomic E-state index is 0.0766. The minimum Gasteiger partial charge on any atom is -0.347 e. The second-order valence-corrected chi connectivity index (χ2v) is 8.72. The average molecular weight is 437 g/mol. The van der Waals surface area contributed by atoms with Gasteiger partial charge in [0.15, 0.2) is 0 Å². The second-order valence-electron chi connectivity index (χ2n) is 8.72. The van der Waals surface area contributed by atoms with Crippen molar-refractivity contribution in [1.82, 2.24) is 19.6 Å². The first kappa shape index (κ1) is 22.0. The smallest absolute Gasteiger partial charge is 0.271 e. The molecule has 32 heavy (non-hydrogen) atoms. The predicted octanol–water partition coefficient (Wildman–Crippen LogP) is 4.36. The van der Waals surface area contributed by atoms with E-state index in [0.29, 0.717) is 22.8 Å². The van der Waals surface area contributed by atoms with Crippen LogP contribution in [0.25, 0.3) is 5.65 Å². The molecule has 1 fully saturated rings. The van der Waals surface area contributed by atoms with Crippen LogP contribution in [0.4, 0.5) is 4.39 Å². The number of carbonyl (C=O) groups is 2. The monoisotopic (exact) mass is 436 g/mol. The average Bonchev–Trinajstić information content (AvgIpc) is 3.24. The molecule has 6 nitrogen and oxygen atoms in total. The van der Waals surface area contributed by atoms with Crippen molar-refractivity contribution in [2.24, 2.45) is 5.92 Å². The largest absolute Gasteiger partial charge is 0.347 e. The minimum atomic E-state index is -0.343. The number of halogens is 1. The first-order valence-electron chi connectivity index (χ1n) is 11.2. The quantitative estimate of drug-likeness (QED) is 0.624. The Balaban J connectivity index is 1.47. The third-order valence-electron chi connectivity index (χ3n) is 6.22. The van der Waals surface area contributed by atoms with Gasteiger partial charge in [-0.15, -0.1) is 0 Å². The molecule has 0 unspecified atom stereocenters. The van der Waals surface area contributed by atoms with Crippen molar-refractivity contribution in [3.63, 3.8) is 0 Å². The van der Waals surface area contributed by atoms with Gasteiger partial charge in [-0.25, -0.2) is 9.37 Å². The van der Waals surface area contributed by atoms with Crippen LogP contribution in [0.3, 0.4) is 0 Å². The molecule has 0 radical (unpaired) electrons. The zero-order chi connectivity index (χ0) is 22.7. The summed E-state index contributed by atoms with van der Waals surface area (Å²) in [6.45, 7) is 2.70. The van der Waals surface area contributed by atoms with Gasteiger partial charge in [-0.05, 0) is 55.0 Å². The van der Waals surface area contributed by atoms with E-state index in [4.69, 9.17) is 0 Å². The molecule has 1 aliphatic rings. The molecule has 1 aliphatic carbocycles. The number of amides is 2. The predicted molar refractivity (Wildman–Crippen MR) is 121 cm³/mol. The van der Waals surface area contributed by atoms with Crippen LogP contribution in [0, 0.1) is 18.7 Å². The number of benzene rings is 1. The molecule has 2 heterocycles. The first-order valence-corrected chi connectivity index (χ1v) is 11.2. The molecule has 3 aromatic rings. The Labute approximate surface area is 187 Å². The van der Waals surface area contributed by atoms with Crippen LogP contribution in [0.2, 0.25) is 0 Å². The molecular formula is C25H29FN4O2. The lowest BCUT2D eigenvalue weighted by Crippen LogP contribution is -2.33. The summed E-state index contributed by atoms with van der Waals surface area (Å²) in [5.41, 5.74) is 2.61. The van der Waals surface area contributed by atoms with E-state index < -0.39 is 0 Å². The van der Waals surface area contributed by atoms with E-state index in [9.17, 15) is 14.0 Å². The van der Waals surface area contributed by atoms with Crippen LogP contribution in [-0.4, -0.2) is 39.7 Å². The molecule has 0 saturated heterocycles. The number of nitrogens with zero attached hydrogens (tertiary/aromatic N) is 3. The van der Waals surface area contributed by atoms with Gasteiger partial charge < -0.3 is 10.2 Å².